The highest BCUT2D eigenvalue weighted by atomic mass is 15.2. The first-order chi connectivity index (χ1) is 37.5. The van der Waals surface area contributed by atoms with Gasteiger partial charge in [-0.1, -0.05) is 151 Å². The summed E-state index contributed by atoms with van der Waals surface area (Å²) < 4.78 is 207. The zero-order valence-corrected chi connectivity index (χ0v) is 29.0. The first-order valence-electron chi connectivity index (χ1n) is 28.4. The van der Waals surface area contributed by atoms with Crippen LogP contribution in [0.4, 0.5) is 0 Å². The smallest absolute Gasteiger partial charge is 0.238 e. The molecule has 0 fully saturated rings. The third-order valence-corrected chi connectivity index (χ3v) is 9.76. The maximum absolute atomic E-state index is 9.94. The van der Waals surface area contributed by atoms with E-state index in [1.807, 2.05) is 0 Å². The third kappa shape index (κ3) is 4.68. The number of fused-ring (bicyclic) bond motifs is 9. The molecule has 4 aromatic heterocycles. The summed E-state index contributed by atoms with van der Waals surface area (Å²) in [5, 5.41) is -2.72. The number of hydrogen-bond donors (Lipinski definition) is 0. The summed E-state index contributed by atoms with van der Waals surface area (Å²) in [4.78, 5) is 14.6. The van der Waals surface area contributed by atoms with Gasteiger partial charge in [0.15, 0.2) is 11.6 Å². The molecule has 266 valence electrons. The van der Waals surface area contributed by atoms with Crippen molar-refractivity contribution in [1.29, 1.82) is 0 Å². The summed E-state index contributed by atoms with van der Waals surface area (Å²) in [6.45, 7) is 0. The molecular weight excluding hydrogens is 697 g/mol. The van der Waals surface area contributed by atoms with Gasteiger partial charge < -0.3 is 9.13 Å². The van der Waals surface area contributed by atoms with Gasteiger partial charge in [-0.2, -0.15) is 9.97 Å². The molecule has 0 saturated carbocycles. The molecule has 0 aliphatic carbocycles. The SMILES string of the molecule is [2H]c1c([2H])c(-n2c3c([2H])c([2H])c([2H])c([2H])c3c3c([2H])c([2H])c([2H])c([2H])c32)c2c(c1[2H])c1c(-n3c4c([2H])c([2H])c([2H])c([2H])c4c4c([2H])c([2H])c([2H])c([2H])c43)c([2H])c([2H])c([2H])c1n2-c1nc(-c2ccccc2)nc(-c2ccccc2)n1. The summed E-state index contributed by atoms with van der Waals surface area (Å²) in [6.07, 6.45) is 0. The van der Waals surface area contributed by atoms with Crippen molar-refractivity contribution in [2.45, 2.75) is 0 Å². The van der Waals surface area contributed by atoms with Crippen LogP contribution in [0.5, 0.6) is 0 Å². The van der Waals surface area contributed by atoms with E-state index < -0.39 is 216 Å². The van der Waals surface area contributed by atoms with Gasteiger partial charge >= 0.3 is 0 Å². The number of para-hydroxylation sites is 5. The van der Waals surface area contributed by atoms with E-state index in [2.05, 4.69) is 0 Å². The largest absolute Gasteiger partial charge is 0.309 e. The Kier molecular flexibility index (Phi) is 3.66. The standard InChI is InChI=1S/C51H32N6/c1-3-17-33(18-4-1)49-52-50(34-19-5-2-6-20-34)54-51(53-49)57-45-31-16-30-44(55-40-26-11-7-21-35(40)36-22-8-12-27-41(36)55)47(45)39-25-15-32-46(48(39)57)56-42-28-13-9-23-37(42)38-24-10-14-29-43(38)56/h1-32H/i7D,8D,9D,10D,11D,12D,13D,14D,15D,16D,21D,22D,23D,24D,25D,26D,27D,28D,29D,30D,31D,32D. The molecule has 4 heterocycles. The van der Waals surface area contributed by atoms with Gasteiger partial charge in [-0.05, 0) is 42.3 Å². The zero-order chi connectivity index (χ0) is 56.6. The Hall–Kier alpha value is -7.83. The Bertz CT molecular complexity index is 4590. The first kappa shape index (κ1) is 16.9. The van der Waals surface area contributed by atoms with Crippen LogP contribution >= 0.6 is 0 Å². The average molecular weight is 751 g/mol. The minimum Gasteiger partial charge on any atom is -0.309 e. The average Bonchev–Trinajstić information content (AvgIpc) is 3.02. The number of rotatable bonds is 5. The van der Waals surface area contributed by atoms with Crippen LogP contribution in [-0.2, 0) is 0 Å². The van der Waals surface area contributed by atoms with Gasteiger partial charge in [-0.25, -0.2) is 4.98 Å². The van der Waals surface area contributed by atoms with E-state index in [0.29, 0.717) is 11.1 Å². The van der Waals surface area contributed by atoms with Crippen molar-refractivity contribution in [2.24, 2.45) is 0 Å². The number of benzene rings is 8. The number of nitrogens with zero attached hydrogens (tertiary/aromatic N) is 6. The molecule has 8 aromatic carbocycles. The second kappa shape index (κ2) is 12.3. The van der Waals surface area contributed by atoms with E-state index in [9.17, 15) is 16.4 Å². The molecule has 0 bridgehead atoms. The molecule has 12 aromatic rings. The molecular formula is C51H32N6. The fraction of sp³-hybridized carbons (Fsp3) is 0. The lowest BCUT2D eigenvalue weighted by Gasteiger charge is -2.14. The van der Waals surface area contributed by atoms with E-state index in [1.165, 1.54) is 0 Å². The van der Waals surface area contributed by atoms with Gasteiger partial charge in [-0.3, -0.25) is 4.57 Å². The van der Waals surface area contributed by atoms with Gasteiger partial charge in [0.1, 0.15) is 0 Å². The van der Waals surface area contributed by atoms with Crippen LogP contribution in [0.25, 0.3) is 106 Å². The zero-order valence-electron chi connectivity index (χ0n) is 51.0. The summed E-state index contributed by atoms with van der Waals surface area (Å²) in [5.41, 5.74) is -3.53. The second-order valence-corrected chi connectivity index (χ2v) is 12.8. The summed E-state index contributed by atoms with van der Waals surface area (Å²) in [7, 11) is 0. The van der Waals surface area contributed by atoms with Gasteiger partial charge in [-0.15, -0.1) is 0 Å². The van der Waals surface area contributed by atoms with Crippen LogP contribution in [0, 0.1) is 0 Å². The van der Waals surface area contributed by atoms with Crippen LogP contribution in [-0.4, -0.2) is 28.7 Å². The van der Waals surface area contributed by atoms with Crippen LogP contribution in [0.1, 0.15) is 30.2 Å². The van der Waals surface area contributed by atoms with Crippen molar-refractivity contribution in [3.63, 3.8) is 0 Å². The van der Waals surface area contributed by atoms with Gasteiger partial charge in [0.25, 0.3) is 0 Å². The quantitative estimate of drug-likeness (QED) is 0.176. The molecule has 12 rings (SSSR count). The fourth-order valence-electron chi connectivity index (χ4n) is 7.41. The number of hydrogen-bond acceptors (Lipinski definition) is 3. The lowest BCUT2D eigenvalue weighted by atomic mass is 10.1. The maximum Gasteiger partial charge on any atom is 0.238 e. The monoisotopic (exact) mass is 750 g/mol. The van der Waals surface area contributed by atoms with Crippen molar-refractivity contribution in [3.8, 4) is 40.1 Å². The molecule has 0 N–H and O–H groups in total. The van der Waals surface area contributed by atoms with Crippen LogP contribution < -0.4 is 0 Å². The van der Waals surface area contributed by atoms with Gasteiger partial charge in [0.2, 0.25) is 5.95 Å². The molecule has 57 heavy (non-hydrogen) atoms. The Morgan fingerprint density at radius 3 is 1.26 bits per heavy atom. The van der Waals surface area contributed by atoms with Crippen molar-refractivity contribution in [1.82, 2.24) is 28.7 Å². The van der Waals surface area contributed by atoms with Crippen LogP contribution in [0.2, 0.25) is 0 Å². The van der Waals surface area contributed by atoms with E-state index >= 15 is 0 Å². The molecule has 6 nitrogen and oxygen atoms in total. The molecule has 0 saturated heterocycles. The third-order valence-electron chi connectivity index (χ3n) is 9.76. The Morgan fingerprint density at radius 1 is 0.351 bits per heavy atom. The second-order valence-electron chi connectivity index (χ2n) is 12.8. The predicted molar refractivity (Wildman–Crippen MR) is 234 cm³/mol. The van der Waals surface area contributed by atoms with Gasteiger partial charge in [0, 0.05) is 43.4 Å². The lowest BCUT2D eigenvalue weighted by molar-refractivity contribution is 0.949. The van der Waals surface area contributed by atoms with E-state index in [1.54, 1.807) is 60.7 Å². The van der Waals surface area contributed by atoms with Crippen molar-refractivity contribution in [3.05, 3.63) is 194 Å². The topological polar surface area (TPSA) is 53.5 Å². The molecule has 6 heteroatoms. The minimum atomic E-state index is -0.936. The Morgan fingerprint density at radius 2 is 0.754 bits per heavy atom. The maximum atomic E-state index is 9.94. The Balaban J connectivity index is 1.45. The summed E-state index contributed by atoms with van der Waals surface area (Å²) >= 11 is 0. The summed E-state index contributed by atoms with van der Waals surface area (Å²) in [5.74, 6) is -0.475. The molecule has 0 aliphatic heterocycles. The first-order valence-corrected chi connectivity index (χ1v) is 17.4. The van der Waals surface area contributed by atoms with E-state index in [4.69, 9.17) is 28.7 Å². The van der Waals surface area contributed by atoms with E-state index in [0.717, 1.165) is 13.7 Å². The van der Waals surface area contributed by atoms with Crippen molar-refractivity contribution < 1.29 is 30.2 Å². The van der Waals surface area contributed by atoms with E-state index in [-0.39, 0.29) is 11.6 Å². The molecule has 0 radical (unpaired) electrons. The van der Waals surface area contributed by atoms with Crippen molar-refractivity contribution >= 4 is 65.4 Å². The molecule has 0 aliphatic rings. The molecule has 0 atom stereocenters. The minimum absolute atomic E-state index is 0.0141. The van der Waals surface area contributed by atoms with Gasteiger partial charge in [0.05, 0.1) is 74.6 Å². The Labute approximate surface area is 358 Å². The van der Waals surface area contributed by atoms with Crippen LogP contribution in [0.15, 0.2) is 194 Å². The lowest BCUT2D eigenvalue weighted by Crippen LogP contribution is -2.08. The highest BCUT2D eigenvalue weighted by Gasteiger charge is 2.25. The summed E-state index contributed by atoms with van der Waals surface area (Å²) in [6, 6.07) is -1.09. The van der Waals surface area contributed by atoms with Crippen LogP contribution in [0.3, 0.4) is 0 Å². The highest BCUT2D eigenvalue weighted by molar-refractivity contribution is 6.19. The highest BCUT2D eigenvalue weighted by Crippen LogP contribution is 2.43. The fourth-order valence-corrected chi connectivity index (χ4v) is 7.41. The molecule has 0 unspecified atom stereocenters. The number of aromatic nitrogens is 6. The predicted octanol–water partition coefficient (Wildman–Crippen LogP) is 12.5. The normalized spacial score (nSPS) is 17.3. The van der Waals surface area contributed by atoms with Crippen molar-refractivity contribution in [2.75, 3.05) is 0 Å². The molecule has 0 spiro atoms. The molecule has 0 amide bonds.